The molecule has 0 heterocycles. The molecule has 2 aromatic rings. The number of nitrogens with one attached hydrogen (secondary N) is 1. The number of aryl methyl sites for hydroxylation is 1. The van der Waals surface area contributed by atoms with Crippen molar-refractivity contribution < 1.29 is 4.79 Å². The fourth-order valence-corrected chi connectivity index (χ4v) is 2.83. The predicted molar refractivity (Wildman–Crippen MR) is 83.3 cm³/mol. The summed E-state index contributed by atoms with van der Waals surface area (Å²) in [7, 11) is 0. The smallest absolute Gasteiger partial charge is 0.256 e. The van der Waals surface area contributed by atoms with Crippen molar-refractivity contribution in [3.8, 4) is 0 Å². The Bertz CT molecular complexity index is 623. The second-order valence-electron chi connectivity index (χ2n) is 4.10. The number of hydrogen-bond donors (Lipinski definition) is 1. The average molecular weight is 359 g/mol. The summed E-state index contributed by atoms with van der Waals surface area (Å²) < 4.78 is 0.748. The van der Waals surface area contributed by atoms with Crippen LogP contribution in [0, 0.1) is 6.92 Å². The molecule has 1 amide bonds. The van der Waals surface area contributed by atoms with Crippen LogP contribution in [-0.2, 0) is 0 Å². The molecule has 0 unspecified atom stereocenters. The first-order valence-corrected chi connectivity index (χ1v) is 7.04. The van der Waals surface area contributed by atoms with E-state index in [-0.39, 0.29) is 5.91 Å². The van der Waals surface area contributed by atoms with E-state index >= 15 is 0 Å². The fourth-order valence-electron chi connectivity index (χ4n) is 1.63. The highest BCUT2D eigenvalue weighted by molar-refractivity contribution is 9.10. The van der Waals surface area contributed by atoms with Crippen molar-refractivity contribution in [3.63, 3.8) is 0 Å². The minimum Gasteiger partial charge on any atom is -0.322 e. The predicted octanol–water partition coefficient (Wildman–Crippen LogP) is 5.32. The minimum atomic E-state index is -0.217. The van der Waals surface area contributed by atoms with Crippen LogP contribution in [0.4, 0.5) is 5.69 Å². The number of carbonyl (C=O) groups is 1. The molecule has 0 saturated heterocycles. The van der Waals surface area contributed by atoms with Crippen molar-refractivity contribution in [2.45, 2.75) is 6.92 Å². The van der Waals surface area contributed by atoms with Crippen LogP contribution >= 0.6 is 39.1 Å². The highest BCUT2D eigenvalue weighted by atomic mass is 79.9. The molecule has 0 fully saturated rings. The van der Waals surface area contributed by atoms with Gasteiger partial charge in [-0.05, 0) is 58.7 Å². The van der Waals surface area contributed by atoms with Crippen LogP contribution in [-0.4, -0.2) is 5.91 Å². The van der Waals surface area contributed by atoms with Crippen LogP contribution in [0.1, 0.15) is 15.9 Å². The van der Waals surface area contributed by atoms with E-state index in [0.717, 1.165) is 10.0 Å². The first-order valence-electron chi connectivity index (χ1n) is 5.49. The second-order valence-corrected chi connectivity index (χ2v) is 5.82. The molecule has 0 aliphatic heterocycles. The molecule has 19 heavy (non-hydrogen) atoms. The third-order valence-corrected chi connectivity index (χ3v) is 3.58. The van der Waals surface area contributed by atoms with Gasteiger partial charge in [0.1, 0.15) is 0 Å². The lowest BCUT2D eigenvalue weighted by Crippen LogP contribution is -2.12. The van der Waals surface area contributed by atoms with Gasteiger partial charge in [0, 0.05) is 20.2 Å². The molecule has 0 saturated carbocycles. The molecule has 0 radical (unpaired) electrons. The zero-order chi connectivity index (χ0) is 14.0. The third kappa shape index (κ3) is 3.72. The Labute approximate surface area is 129 Å². The second kappa shape index (κ2) is 5.95. The third-order valence-electron chi connectivity index (χ3n) is 2.49. The molecule has 0 bridgehead atoms. The average Bonchev–Trinajstić information content (AvgIpc) is 2.26. The summed E-state index contributed by atoms with van der Waals surface area (Å²) in [6.45, 7) is 1.96. The van der Waals surface area contributed by atoms with Crippen LogP contribution in [0.25, 0.3) is 0 Å². The molecular weight excluding hydrogens is 349 g/mol. The number of halogens is 3. The number of hydrogen-bond acceptors (Lipinski definition) is 1. The van der Waals surface area contributed by atoms with Crippen molar-refractivity contribution in [1.82, 2.24) is 0 Å². The fraction of sp³-hybridized carbons (Fsp3) is 0.0714. The summed E-state index contributed by atoms with van der Waals surface area (Å²) in [4.78, 5) is 12.1. The largest absolute Gasteiger partial charge is 0.322 e. The molecular formula is C14H10BrCl2NO. The van der Waals surface area contributed by atoms with Gasteiger partial charge in [0.05, 0.1) is 5.56 Å². The van der Waals surface area contributed by atoms with Gasteiger partial charge in [-0.15, -0.1) is 0 Å². The maximum Gasteiger partial charge on any atom is 0.256 e. The Hall–Kier alpha value is -1.03. The maximum atomic E-state index is 12.1. The van der Waals surface area contributed by atoms with E-state index in [4.69, 9.17) is 23.2 Å². The van der Waals surface area contributed by atoms with E-state index in [0.29, 0.717) is 21.3 Å². The van der Waals surface area contributed by atoms with E-state index < -0.39 is 0 Å². The lowest BCUT2D eigenvalue weighted by atomic mass is 10.1. The van der Waals surface area contributed by atoms with Crippen molar-refractivity contribution in [1.29, 1.82) is 0 Å². The highest BCUT2D eigenvalue weighted by Crippen LogP contribution is 2.24. The molecule has 98 valence electrons. The van der Waals surface area contributed by atoms with Crippen molar-refractivity contribution >= 4 is 50.7 Å². The number of rotatable bonds is 2. The monoisotopic (exact) mass is 357 g/mol. The van der Waals surface area contributed by atoms with Gasteiger partial charge in [-0.1, -0.05) is 29.3 Å². The zero-order valence-corrected chi connectivity index (χ0v) is 13.1. The van der Waals surface area contributed by atoms with Crippen LogP contribution in [0.3, 0.4) is 0 Å². The quantitative estimate of drug-likeness (QED) is 0.773. The summed E-state index contributed by atoms with van der Waals surface area (Å²) >= 11 is 15.2. The molecule has 2 rings (SSSR count). The van der Waals surface area contributed by atoms with E-state index in [9.17, 15) is 4.79 Å². The molecule has 5 heteroatoms. The van der Waals surface area contributed by atoms with E-state index in [1.54, 1.807) is 24.3 Å². The SMILES string of the molecule is Cc1ccc(C(=O)Nc2cc(Cl)cc(Cl)c2)c(Br)c1. The summed E-state index contributed by atoms with van der Waals surface area (Å²) in [6, 6.07) is 10.4. The zero-order valence-electron chi connectivity index (χ0n) is 10.0. The Morgan fingerprint density at radius 2 is 1.74 bits per heavy atom. The number of anilines is 1. The van der Waals surface area contributed by atoms with Gasteiger partial charge >= 0.3 is 0 Å². The van der Waals surface area contributed by atoms with E-state index in [1.807, 2.05) is 19.1 Å². The highest BCUT2D eigenvalue weighted by Gasteiger charge is 2.10. The normalized spacial score (nSPS) is 10.3. The molecule has 2 nitrogen and oxygen atoms in total. The standard InChI is InChI=1S/C14H10BrCl2NO/c1-8-2-3-12(13(15)4-8)14(19)18-11-6-9(16)5-10(17)7-11/h2-7H,1H3,(H,18,19). The van der Waals surface area contributed by atoms with E-state index in [1.165, 1.54) is 0 Å². The molecule has 0 atom stereocenters. The van der Waals surface area contributed by atoms with Crippen molar-refractivity contribution in [2.75, 3.05) is 5.32 Å². The Morgan fingerprint density at radius 1 is 1.11 bits per heavy atom. The Balaban J connectivity index is 2.25. The number of carbonyl (C=O) groups excluding carboxylic acids is 1. The van der Waals surface area contributed by atoms with E-state index in [2.05, 4.69) is 21.2 Å². The first kappa shape index (κ1) is 14.4. The van der Waals surface area contributed by atoms with Gasteiger partial charge in [0.25, 0.3) is 5.91 Å². The summed E-state index contributed by atoms with van der Waals surface area (Å²) in [5.41, 5.74) is 2.20. The molecule has 0 aliphatic rings. The van der Waals surface area contributed by atoms with Crippen LogP contribution < -0.4 is 5.32 Å². The Kier molecular flexibility index (Phi) is 4.50. The molecule has 0 aliphatic carbocycles. The number of benzene rings is 2. The van der Waals surface area contributed by atoms with Crippen LogP contribution in [0.15, 0.2) is 40.9 Å². The lowest BCUT2D eigenvalue weighted by Gasteiger charge is -2.08. The number of amides is 1. The summed E-state index contributed by atoms with van der Waals surface area (Å²) in [5.74, 6) is -0.217. The molecule has 0 spiro atoms. The Morgan fingerprint density at radius 3 is 2.32 bits per heavy atom. The summed E-state index contributed by atoms with van der Waals surface area (Å²) in [6.07, 6.45) is 0. The van der Waals surface area contributed by atoms with Crippen LogP contribution in [0.2, 0.25) is 10.0 Å². The minimum absolute atomic E-state index is 0.217. The topological polar surface area (TPSA) is 29.1 Å². The molecule has 0 aromatic heterocycles. The molecule has 1 N–H and O–H groups in total. The molecule has 2 aromatic carbocycles. The van der Waals surface area contributed by atoms with Crippen LogP contribution in [0.5, 0.6) is 0 Å². The van der Waals surface area contributed by atoms with Crippen molar-refractivity contribution in [2.24, 2.45) is 0 Å². The van der Waals surface area contributed by atoms with Gasteiger partial charge in [0.2, 0.25) is 0 Å². The van der Waals surface area contributed by atoms with Gasteiger partial charge in [0.15, 0.2) is 0 Å². The van der Waals surface area contributed by atoms with Gasteiger partial charge in [-0.3, -0.25) is 4.79 Å². The van der Waals surface area contributed by atoms with Gasteiger partial charge in [-0.2, -0.15) is 0 Å². The summed E-state index contributed by atoms with van der Waals surface area (Å²) in [5, 5.41) is 3.72. The lowest BCUT2D eigenvalue weighted by molar-refractivity contribution is 0.102. The maximum absolute atomic E-state index is 12.1. The van der Waals surface area contributed by atoms with Gasteiger partial charge in [-0.25, -0.2) is 0 Å². The first-order chi connectivity index (χ1) is 8.95. The van der Waals surface area contributed by atoms with Gasteiger partial charge < -0.3 is 5.32 Å². The van der Waals surface area contributed by atoms with Crippen molar-refractivity contribution in [3.05, 3.63) is 62.0 Å².